The van der Waals surface area contributed by atoms with Gasteiger partial charge in [0.2, 0.25) is 0 Å². The highest BCUT2D eigenvalue weighted by Crippen LogP contribution is 2.24. The summed E-state index contributed by atoms with van der Waals surface area (Å²) >= 11 is 0. The molecule has 92 valence electrons. The Balaban J connectivity index is 2.58. The lowest BCUT2D eigenvalue weighted by atomic mass is 10.2. The van der Waals surface area contributed by atoms with Gasteiger partial charge in [-0.1, -0.05) is 12.6 Å². The van der Waals surface area contributed by atoms with Crippen LogP contribution in [0.3, 0.4) is 0 Å². The van der Waals surface area contributed by atoms with E-state index >= 15 is 0 Å². The summed E-state index contributed by atoms with van der Waals surface area (Å²) in [5.74, 6) is 0.338. The van der Waals surface area contributed by atoms with Crippen LogP contribution < -0.4 is 5.32 Å². The highest BCUT2D eigenvalue weighted by molar-refractivity contribution is 5.40. The number of hydrogen-bond donors (Lipinski definition) is 3. The fourth-order valence-electron chi connectivity index (χ4n) is 1.27. The van der Waals surface area contributed by atoms with Crippen molar-refractivity contribution in [2.24, 2.45) is 0 Å². The SMILES string of the molecule is C=C(/C=C(/C)NCc1ccc(O)c(O)c1)OC. The fourth-order valence-corrected chi connectivity index (χ4v) is 1.27. The Morgan fingerprint density at radius 3 is 2.71 bits per heavy atom. The standard InChI is InChI=1S/C13H17NO3/c1-9(6-10(2)17-3)14-8-11-4-5-12(15)13(16)7-11/h4-7,14-16H,2,8H2,1,3H3/b9-6-. The minimum Gasteiger partial charge on any atom is -0.504 e. The van der Waals surface area contributed by atoms with Gasteiger partial charge < -0.3 is 20.3 Å². The normalized spacial score (nSPS) is 11.1. The van der Waals surface area contributed by atoms with Crippen molar-refractivity contribution >= 4 is 0 Å². The van der Waals surface area contributed by atoms with Crippen molar-refractivity contribution < 1.29 is 14.9 Å². The summed E-state index contributed by atoms with van der Waals surface area (Å²) in [4.78, 5) is 0. The van der Waals surface area contributed by atoms with Crippen LogP contribution in [0.2, 0.25) is 0 Å². The molecule has 0 saturated carbocycles. The smallest absolute Gasteiger partial charge is 0.157 e. The van der Waals surface area contributed by atoms with E-state index < -0.39 is 0 Å². The summed E-state index contributed by atoms with van der Waals surface area (Å²) in [5, 5.41) is 21.6. The molecule has 0 spiro atoms. The second kappa shape index (κ2) is 5.84. The van der Waals surface area contributed by atoms with Crippen LogP contribution in [0.25, 0.3) is 0 Å². The van der Waals surface area contributed by atoms with E-state index in [1.165, 1.54) is 12.1 Å². The fraction of sp³-hybridized carbons (Fsp3) is 0.231. The molecule has 0 fully saturated rings. The van der Waals surface area contributed by atoms with Gasteiger partial charge in [0.05, 0.1) is 7.11 Å². The molecule has 4 nitrogen and oxygen atoms in total. The van der Waals surface area contributed by atoms with Crippen LogP contribution >= 0.6 is 0 Å². The molecule has 0 aliphatic heterocycles. The van der Waals surface area contributed by atoms with Crippen LogP contribution in [0.15, 0.2) is 42.3 Å². The molecular formula is C13H17NO3. The molecule has 0 atom stereocenters. The molecule has 1 aromatic rings. The Hall–Kier alpha value is -2.10. The quantitative estimate of drug-likeness (QED) is 0.416. The first-order valence-corrected chi connectivity index (χ1v) is 5.19. The van der Waals surface area contributed by atoms with Crippen LogP contribution in [0, 0.1) is 0 Å². The molecule has 0 heterocycles. The summed E-state index contributed by atoms with van der Waals surface area (Å²) in [6.45, 7) is 6.12. The summed E-state index contributed by atoms with van der Waals surface area (Å²) in [7, 11) is 1.56. The molecule has 0 aliphatic rings. The van der Waals surface area contributed by atoms with Crippen LogP contribution in [-0.2, 0) is 11.3 Å². The maximum atomic E-state index is 9.32. The molecular weight excluding hydrogens is 218 g/mol. The number of benzene rings is 1. The predicted octanol–water partition coefficient (Wildman–Crippen LogP) is 2.25. The number of aromatic hydroxyl groups is 2. The molecule has 3 N–H and O–H groups in total. The van der Waals surface area contributed by atoms with Gasteiger partial charge in [-0.25, -0.2) is 0 Å². The van der Waals surface area contributed by atoms with Gasteiger partial charge in [0.15, 0.2) is 11.5 Å². The monoisotopic (exact) mass is 235 g/mol. The van der Waals surface area contributed by atoms with Gasteiger partial charge in [0.25, 0.3) is 0 Å². The second-order valence-corrected chi connectivity index (χ2v) is 3.67. The summed E-state index contributed by atoms with van der Waals surface area (Å²) in [6.07, 6.45) is 1.78. The lowest BCUT2D eigenvalue weighted by molar-refractivity contribution is 0.308. The maximum Gasteiger partial charge on any atom is 0.157 e. The number of phenols is 2. The van der Waals surface area contributed by atoms with Gasteiger partial charge in [-0.3, -0.25) is 0 Å². The molecule has 0 amide bonds. The highest BCUT2D eigenvalue weighted by Gasteiger charge is 2.00. The first kappa shape index (κ1) is 13.0. The molecule has 0 aromatic heterocycles. The third kappa shape index (κ3) is 4.10. The number of methoxy groups -OCH3 is 1. The number of allylic oxidation sites excluding steroid dienone is 2. The molecule has 1 aromatic carbocycles. The Morgan fingerprint density at radius 1 is 1.41 bits per heavy atom. The molecule has 0 bridgehead atoms. The molecule has 17 heavy (non-hydrogen) atoms. The summed E-state index contributed by atoms with van der Waals surface area (Å²) < 4.78 is 4.92. The Kier molecular flexibility index (Phi) is 4.46. The molecule has 0 aliphatic carbocycles. The summed E-state index contributed by atoms with van der Waals surface area (Å²) in [6, 6.07) is 4.71. The Morgan fingerprint density at radius 2 is 2.12 bits per heavy atom. The maximum absolute atomic E-state index is 9.32. The van der Waals surface area contributed by atoms with Crippen molar-refractivity contribution in [2.45, 2.75) is 13.5 Å². The molecule has 0 unspecified atom stereocenters. The van der Waals surface area contributed by atoms with E-state index in [0.29, 0.717) is 12.3 Å². The van der Waals surface area contributed by atoms with Crippen molar-refractivity contribution in [3.8, 4) is 11.5 Å². The van der Waals surface area contributed by atoms with E-state index in [0.717, 1.165) is 11.3 Å². The van der Waals surface area contributed by atoms with Crippen molar-refractivity contribution in [3.05, 3.63) is 47.9 Å². The highest BCUT2D eigenvalue weighted by atomic mass is 16.5. The number of ether oxygens (including phenoxy) is 1. The van der Waals surface area contributed by atoms with Gasteiger partial charge in [-0.15, -0.1) is 0 Å². The van der Waals surface area contributed by atoms with E-state index in [9.17, 15) is 5.11 Å². The average Bonchev–Trinajstić information content (AvgIpc) is 2.30. The summed E-state index contributed by atoms with van der Waals surface area (Å²) in [5.41, 5.74) is 1.78. The molecule has 0 radical (unpaired) electrons. The van der Waals surface area contributed by atoms with Crippen LogP contribution in [0.1, 0.15) is 12.5 Å². The average molecular weight is 235 g/mol. The topological polar surface area (TPSA) is 61.7 Å². The molecule has 1 rings (SSSR count). The van der Waals surface area contributed by atoms with E-state index in [1.807, 2.05) is 6.92 Å². The van der Waals surface area contributed by atoms with E-state index in [2.05, 4.69) is 11.9 Å². The van der Waals surface area contributed by atoms with Crippen molar-refractivity contribution in [2.75, 3.05) is 7.11 Å². The molecule has 0 saturated heterocycles. The molecule has 4 heteroatoms. The number of phenolic OH excluding ortho intramolecular Hbond substituents is 2. The van der Waals surface area contributed by atoms with Crippen LogP contribution in [0.5, 0.6) is 11.5 Å². The van der Waals surface area contributed by atoms with E-state index in [4.69, 9.17) is 9.84 Å². The van der Waals surface area contributed by atoms with Gasteiger partial charge in [0.1, 0.15) is 5.76 Å². The zero-order valence-electron chi connectivity index (χ0n) is 10.0. The lowest BCUT2D eigenvalue weighted by Gasteiger charge is -2.08. The van der Waals surface area contributed by atoms with E-state index in [-0.39, 0.29) is 11.5 Å². The van der Waals surface area contributed by atoms with E-state index in [1.54, 1.807) is 19.3 Å². The lowest BCUT2D eigenvalue weighted by Crippen LogP contribution is -2.10. The second-order valence-electron chi connectivity index (χ2n) is 3.67. The van der Waals surface area contributed by atoms with Gasteiger partial charge in [-0.05, 0) is 30.7 Å². The third-order valence-electron chi connectivity index (χ3n) is 2.25. The minimum atomic E-state index is -0.118. The number of rotatable bonds is 5. The number of nitrogens with one attached hydrogen (secondary N) is 1. The third-order valence-corrected chi connectivity index (χ3v) is 2.25. The van der Waals surface area contributed by atoms with Crippen molar-refractivity contribution in [3.63, 3.8) is 0 Å². The van der Waals surface area contributed by atoms with Crippen LogP contribution in [0.4, 0.5) is 0 Å². The van der Waals surface area contributed by atoms with Gasteiger partial charge in [-0.2, -0.15) is 0 Å². The zero-order valence-corrected chi connectivity index (χ0v) is 10.0. The Bertz CT molecular complexity index is 438. The van der Waals surface area contributed by atoms with Gasteiger partial charge >= 0.3 is 0 Å². The van der Waals surface area contributed by atoms with Crippen LogP contribution in [-0.4, -0.2) is 17.3 Å². The largest absolute Gasteiger partial charge is 0.504 e. The van der Waals surface area contributed by atoms with Crippen molar-refractivity contribution in [1.82, 2.24) is 5.32 Å². The first-order chi connectivity index (χ1) is 8.02. The zero-order chi connectivity index (χ0) is 12.8. The first-order valence-electron chi connectivity index (χ1n) is 5.19. The van der Waals surface area contributed by atoms with Gasteiger partial charge in [0, 0.05) is 12.2 Å². The Labute approximate surface area is 101 Å². The minimum absolute atomic E-state index is 0.117. The van der Waals surface area contributed by atoms with Crippen molar-refractivity contribution in [1.29, 1.82) is 0 Å². The predicted molar refractivity (Wildman–Crippen MR) is 66.5 cm³/mol. The number of hydrogen-bond acceptors (Lipinski definition) is 4.